The highest BCUT2D eigenvalue weighted by Crippen LogP contribution is 2.19. The van der Waals surface area contributed by atoms with Crippen LogP contribution < -0.4 is 5.14 Å². The van der Waals surface area contributed by atoms with Gasteiger partial charge in [-0.05, 0) is 17.5 Å². The van der Waals surface area contributed by atoms with Gasteiger partial charge in [0.05, 0.1) is 0 Å². The van der Waals surface area contributed by atoms with Gasteiger partial charge in [0.2, 0.25) is 10.0 Å². The highest BCUT2D eigenvalue weighted by Gasteiger charge is 2.10. The number of nitrogens with zero attached hydrogens (tertiary/aromatic N) is 1. The lowest BCUT2D eigenvalue weighted by molar-refractivity contribution is 0.595. The standard InChI is InChI=1S/C10H12N2O2S/c1-12-9(7-15(11,13)14)6-8-4-2-3-5-10(8)12/h2-6H,7H2,1H3,(H2,11,13,14). The summed E-state index contributed by atoms with van der Waals surface area (Å²) in [6, 6.07) is 9.58. The number of sulfonamides is 1. The average molecular weight is 224 g/mol. The zero-order valence-corrected chi connectivity index (χ0v) is 9.16. The fourth-order valence-corrected chi connectivity index (χ4v) is 2.38. The molecule has 0 aliphatic rings. The molecule has 0 fully saturated rings. The Hall–Kier alpha value is -1.33. The first kappa shape index (κ1) is 10.2. The van der Waals surface area contributed by atoms with E-state index in [0.717, 1.165) is 10.9 Å². The maximum atomic E-state index is 11.0. The van der Waals surface area contributed by atoms with E-state index < -0.39 is 10.0 Å². The molecule has 0 saturated carbocycles. The van der Waals surface area contributed by atoms with Crippen LogP contribution >= 0.6 is 0 Å². The lowest BCUT2D eigenvalue weighted by atomic mass is 10.2. The van der Waals surface area contributed by atoms with E-state index in [1.807, 2.05) is 41.9 Å². The van der Waals surface area contributed by atoms with Crippen molar-refractivity contribution in [2.45, 2.75) is 5.75 Å². The van der Waals surface area contributed by atoms with Gasteiger partial charge in [-0.1, -0.05) is 18.2 Å². The molecule has 1 aromatic carbocycles. The van der Waals surface area contributed by atoms with Crippen molar-refractivity contribution in [2.24, 2.45) is 12.2 Å². The molecule has 0 aliphatic heterocycles. The summed E-state index contributed by atoms with van der Waals surface area (Å²) in [6.45, 7) is 0. The van der Waals surface area contributed by atoms with Crippen molar-refractivity contribution in [1.82, 2.24) is 4.57 Å². The summed E-state index contributed by atoms with van der Waals surface area (Å²) in [5.41, 5.74) is 1.72. The summed E-state index contributed by atoms with van der Waals surface area (Å²) < 4.78 is 23.8. The van der Waals surface area contributed by atoms with Gasteiger partial charge in [0.25, 0.3) is 0 Å². The van der Waals surface area contributed by atoms with Gasteiger partial charge in [0, 0.05) is 18.3 Å². The first-order chi connectivity index (χ1) is 6.97. The van der Waals surface area contributed by atoms with E-state index in [1.54, 1.807) is 0 Å². The molecule has 0 radical (unpaired) electrons. The second kappa shape index (κ2) is 3.36. The van der Waals surface area contributed by atoms with Crippen molar-refractivity contribution in [3.8, 4) is 0 Å². The number of aryl methyl sites for hydroxylation is 1. The third-order valence-electron chi connectivity index (χ3n) is 2.40. The number of para-hydroxylation sites is 1. The molecule has 5 heteroatoms. The average Bonchev–Trinajstić information content (AvgIpc) is 2.42. The summed E-state index contributed by atoms with van der Waals surface area (Å²) in [7, 11) is -1.63. The van der Waals surface area contributed by atoms with Gasteiger partial charge in [0.15, 0.2) is 0 Å². The first-order valence-corrected chi connectivity index (χ1v) is 6.23. The first-order valence-electron chi connectivity index (χ1n) is 4.51. The van der Waals surface area contributed by atoms with E-state index in [1.165, 1.54) is 0 Å². The van der Waals surface area contributed by atoms with Gasteiger partial charge in [-0.25, -0.2) is 13.6 Å². The molecule has 1 heterocycles. The highest BCUT2D eigenvalue weighted by molar-refractivity contribution is 7.88. The second-order valence-electron chi connectivity index (χ2n) is 3.56. The van der Waals surface area contributed by atoms with E-state index in [2.05, 4.69) is 0 Å². The molecule has 0 spiro atoms. The molecule has 0 bridgehead atoms. The lowest BCUT2D eigenvalue weighted by Crippen LogP contribution is -2.16. The van der Waals surface area contributed by atoms with Crippen molar-refractivity contribution in [2.75, 3.05) is 0 Å². The molecular formula is C10H12N2O2S. The molecule has 2 rings (SSSR count). The summed E-state index contributed by atoms with van der Waals surface area (Å²) in [5, 5.41) is 6.04. The van der Waals surface area contributed by atoms with Crippen LogP contribution in [0.2, 0.25) is 0 Å². The van der Waals surface area contributed by atoms with Gasteiger partial charge in [-0.15, -0.1) is 0 Å². The van der Waals surface area contributed by atoms with Crippen LogP contribution in [0, 0.1) is 0 Å². The summed E-state index contributed by atoms with van der Waals surface area (Å²) >= 11 is 0. The molecule has 2 aromatic rings. The Kier molecular flexibility index (Phi) is 2.28. The Balaban J connectivity index is 2.58. The Labute approximate surface area is 88.4 Å². The smallest absolute Gasteiger partial charge is 0.214 e. The normalized spacial score (nSPS) is 12.1. The van der Waals surface area contributed by atoms with Crippen molar-refractivity contribution >= 4 is 20.9 Å². The predicted octanol–water partition coefficient (Wildman–Crippen LogP) is 0.967. The Morgan fingerprint density at radius 2 is 2.00 bits per heavy atom. The van der Waals surface area contributed by atoms with Gasteiger partial charge < -0.3 is 4.57 Å². The van der Waals surface area contributed by atoms with Crippen LogP contribution in [0.15, 0.2) is 30.3 Å². The van der Waals surface area contributed by atoms with Crippen molar-refractivity contribution in [3.05, 3.63) is 36.0 Å². The lowest BCUT2D eigenvalue weighted by Gasteiger charge is -2.01. The SMILES string of the molecule is Cn1c(CS(N)(=O)=O)cc2ccccc21. The minimum atomic E-state index is -3.47. The van der Waals surface area contributed by atoms with Crippen LogP contribution in [0.25, 0.3) is 10.9 Å². The topological polar surface area (TPSA) is 65.1 Å². The van der Waals surface area contributed by atoms with Gasteiger partial charge in [0.1, 0.15) is 5.75 Å². The van der Waals surface area contributed by atoms with E-state index >= 15 is 0 Å². The molecule has 0 amide bonds. The minimum Gasteiger partial charge on any atom is -0.347 e. The Bertz CT molecular complexity index is 599. The largest absolute Gasteiger partial charge is 0.347 e. The van der Waals surface area contributed by atoms with E-state index in [9.17, 15) is 8.42 Å². The van der Waals surface area contributed by atoms with Crippen molar-refractivity contribution < 1.29 is 8.42 Å². The highest BCUT2D eigenvalue weighted by atomic mass is 32.2. The van der Waals surface area contributed by atoms with Gasteiger partial charge >= 0.3 is 0 Å². The summed E-state index contributed by atoms with van der Waals surface area (Å²) in [6.07, 6.45) is 0. The number of rotatable bonds is 2. The van der Waals surface area contributed by atoms with E-state index in [0.29, 0.717) is 5.69 Å². The monoisotopic (exact) mass is 224 g/mol. The quantitative estimate of drug-likeness (QED) is 0.826. The summed E-state index contributed by atoms with van der Waals surface area (Å²) in [5.74, 6) is -0.127. The fraction of sp³-hybridized carbons (Fsp3) is 0.200. The van der Waals surface area contributed by atoms with Gasteiger partial charge in [-0.2, -0.15) is 0 Å². The Morgan fingerprint density at radius 1 is 1.33 bits per heavy atom. The number of fused-ring (bicyclic) bond motifs is 1. The van der Waals surface area contributed by atoms with Crippen LogP contribution in [0.4, 0.5) is 0 Å². The van der Waals surface area contributed by atoms with E-state index in [4.69, 9.17) is 5.14 Å². The number of aromatic nitrogens is 1. The maximum absolute atomic E-state index is 11.0. The molecule has 0 atom stereocenters. The van der Waals surface area contributed by atoms with Crippen LogP contribution in [0.5, 0.6) is 0 Å². The molecule has 2 N–H and O–H groups in total. The number of primary sulfonamides is 1. The molecule has 0 unspecified atom stereocenters. The maximum Gasteiger partial charge on any atom is 0.214 e. The van der Waals surface area contributed by atoms with Crippen LogP contribution in [-0.2, 0) is 22.8 Å². The number of hydrogen-bond donors (Lipinski definition) is 1. The molecule has 0 saturated heterocycles. The second-order valence-corrected chi connectivity index (χ2v) is 5.18. The third-order valence-corrected chi connectivity index (χ3v) is 3.10. The fourth-order valence-electron chi connectivity index (χ4n) is 1.69. The molecule has 15 heavy (non-hydrogen) atoms. The zero-order chi connectivity index (χ0) is 11.1. The number of hydrogen-bond acceptors (Lipinski definition) is 2. The molecule has 0 aliphatic carbocycles. The third kappa shape index (κ3) is 2.03. The van der Waals surface area contributed by atoms with Crippen LogP contribution in [-0.4, -0.2) is 13.0 Å². The van der Waals surface area contributed by atoms with Crippen LogP contribution in [0.1, 0.15) is 5.69 Å². The summed E-state index contributed by atoms with van der Waals surface area (Å²) in [4.78, 5) is 0. The van der Waals surface area contributed by atoms with Crippen molar-refractivity contribution in [1.29, 1.82) is 0 Å². The molecule has 1 aromatic heterocycles. The number of benzene rings is 1. The molecule has 4 nitrogen and oxygen atoms in total. The Morgan fingerprint density at radius 3 is 2.60 bits per heavy atom. The van der Waals surface area contributed by atoms with Gasteiger partial charge in [-0.3, -0.25) is 0 Å². The number of nitrogens with two attached hydrogens (primary N) is 1. The molecular weight excluding hydrogens is 212 g/mol. The zero-order valence-electron chi connectivity index (χ0n) is 8.34. The van der Waals surface area contributed by atoms with E-state index in [-0.39, 0.29) is 5.75 Å². The molecule has 80 valence electrons. The predicted molar refractivity (Wildman–Crippen MR) is 59.7 cm³/mol. The van der Waals surface area contributed by atoms with Crippen LogP contribution in [0.3, 0.4) is 0 Å². The minimum absolute atomic E-state index is 0.127. The van der Waals surface area contributed by atoms with Crippen molar-refractivity contribution in [3.63, 3.8) is 0 Å².